The summed E-state index contributed by atoms with van der Waals surface area (Å²) in [6, 6.07) is 21.9. The lowest BCUT2D eigenvalue weighted by atomic mass is 10.0. The zero-order valence-electron chi connectivity index (χ0n) is 14.0. The minimum Gasteiger partial charge on any atom is -0.127 e. The summed E-state index contributed by atoms with van der Waals surface area (Å²) in [4.78, 5) is 0. The van der Waals surface area contributed by atoms with Crippen molar-refractivity contribution in [3.05, 3.63) is 83.6 Å². The molecule has 2 heteroatoms. The molecule has 1 heterocycles. The Labute approximate surface area is 141 Å². The standard InChI is InChI=1S/C22H19N2/c1-15-7-3-6-10-21(15)24-14-20-19-13-16-8-4-5-9-17(16)18(19)11-12-22(20)23(24)2/h3-12,14H,13H2,1-2H3/q+1. The molecule has 0 bridgehead atoms. The fraction of sp³-hybridized carbons (Fsp3) is 0.136. The molecule has 2 nitrogen and oxygen atoms in total. The van der Waals surface area contributed by atoms with Gasteiger partial charge in [0, 0.05) is 6.07 Å². The van der Waals surface area contributed by atoms with Crippen LogP contribution < -0.4 is 4.68 Å². The average Bonchev–Trinajstić information content (AvgIpc) is 3.14. The molecule has 1 aliphatic rings. The number of para-hydroxylation sites is 1. The first-order valence-electron chi connectivity index (χ1n) is 8.41. The molecule has 1 aliphatic carbocycles. The van der Waals surface area contributed by atoms with Crippen molar-refractivity contribution in [2.24, 2.45) is 7.05 Å². The van der Waals surface area contributed by atoms with Gasteiger partial charge in [-0.25, -0.2) is 0 Å². The third-order valence-electron chi connectivity index (χ3n) is 5.29. The maximum absolute atomic E-state index is 2.29. The number of aromatic nitrogens is 2. The van der Waals surface area contributed by atoms with E-state index in [9.17, 15) is 0 Å². The normalized spacial score (nSPS) is 12.4. The Kier molecular flexibility index (Phi) is 2.72. The molecular formula is C22H19N2+. The van der Waals surface area contributed by atoms with E-state index in [0.717, 1.165) is 6.42 Å². The monoisotopic (exact) mass is 311 g/mol. The van der Waals surface area contributed by atoms with E-state index < -0.39 is 0 Å². The highest BCUT2D eigenvalue weighted by Gasteiger charge is 2.25. The van der Waals surface area contributed by atoms with Crippen LogP contribution in [0.2, 0.25) is 0 Å². The Morgan fingerprint density at radius 1 is 0.875 bits per heavy atom. The molecule has 0 spiro atoms. The topological polar surface area (TPSA) is 8.81 Å². The van der Waals surface area contributed by atoms with Crippen LogP contribution in [0.3, 0.4) is 0 Å². The lowest BCUT2D eigenvalue weighted by Crippen LogP contribution is -2.38. The highest BCUT2D eigenvalue weighted by molar-refractivity contribution is 5.92. The summed E-state index contributed by atoms with van der Waals surface area (Å²) in [5.74, 6) is 0. The molecule has 24 heavy (non-hydrogen) atoms. The Bertz CT molecular complexity index is 1100. The molecule has 4 aromatic rings. The van der Waals surface area contributed by atoms with Crippen LogP contribution in [0.5, 0.6) is 0 Å². The van der Waals surface area contributed by atoms with E-state index in [-0.39, 0.29) is 0 Å². The van der Waals surface area contributed by atoms with E-state index >= 15 is 0 Å². The Balaban J connectivity index is 1.79. The quantitative estimate of drug-likeness (QED) is 0.407. The smallest absolute Gasteiger partial charge is 0.127 e. The van der Waals surface area contributed by atoms with Gasteiger partial charge in [0.25, 0.3) is 0 Å². The van der Waals surface area contributed by atoms with Crippen LogP contribution in [0.15, 0.2) is 66.9 Å². The second kappa shape index (κ2) is 4.81. The molecule has 0 saturated carbocycles. The van der Waals surface area contributed by atoms with Gasteiger partial charge in [0.1, 0.15) is 5.69 Å². The number of rotatable bonds is 1. The van der Waals surface area contributed by atoms with Crippen molar-refractivity contribution in [1.82, 2.24) is 4.68 Å². The van der Waals surface area contributed by atoms with E-state index in [2.05, 4.69) is 90.2 Å². The third-order valence-corrected chi connectivity index (χ3v) is 5.29. The van der Waals surface area contributed by atoms with Gasteiger partial charge in [-0.15, -0.1) is 9.36 Å². The summed E-state index contributed by atoms with van der Waals surface area (Å²) in [6.45, 7) is 2.17. The summed E-state index contributed by atoms with van der Waals surface area (Å²) < 4.78 is 4.52. The summed E-state index contributed by atoms with van der Waals surface area (Å²) in [6.07, 6.45) is 3.32. The van der Waals surface area contributed by atoms with Crippen molar-refractivity contribution in [3.63, 3.8) is 0 Å². The van der Waals surface area contributed by atoms with Crippen molar-refractivity contribution < 1.29 is 4.68 Å². The van der Waals surface area contributed by atoms with Gasteiger partial charge in [-0.3, -0.25) is 0 Å². The lowest BCUT2D eigenvalue weighted by Gasteiger charge is -2.03. The fourth-order valence-corrected chi connectivity index (χ4v) is 4.03. The van der Waals surface area contributed by atoms with Crippen molar-refractivity contribution in [3.8, 4) is 16.8 Å². The van der Waals surface area contributed by atoms with Gasteiger partial charge in [0.2, 0.25) is 5.52 Å². The van der Waals surface area contributed by atoms with Crippen molar-refractivity contribution in [2.45, 2.75) is 13.3 Å². The van der Waals surface area contributed by atoms with Gasteiger partial charge in [0.05, 0.1) is 11.6 Å². The van der Waals surface area contributed by atoms with Gasteiger partial charge in [-0.05, 0) is 53.3 Å². The molecule has 0 unspecified atom stereocenters. The van der Waals surface area contributed by atoms with E-state index in [1.165, 1.54) is 44.4 Å². The molecule has 0 aliphatic heterocycles. The lowest BCUT2D eigenvalue weighted by molar-refractivity contribution is -0.720. The second-order valence-electron chi connectivity index (χ2n) is 6.64. The number of benzene rings is 3. The molecule has 0 amide bonds. The molecule has 3 aromatic carbocycles. The predicted octanol–water partition coefficient (Wildman–Crippen LogP) is 4.33. The largest absolute Gasteiger partial charge is 0.239 e. The molecule has 5 rings (SSSR count). The Hall–Kier alpha value is -2.87. The molecule has 0 radical (unpaired) electrons. The van der Waals surface area contributed by atoms with E-state index in [4.69, 9.17) is 0 Å². The highest BCUT2D eigenvalue weighted by atomic mass is 15.4. The SMILES string of the molecule is Cc1ccccc1-n1cc2c3c(ccc2[n+]1C)-c1ccccc1C3. The van der Waals surface area contributed by atoms with Crippen molar-refractivity contribution >= 4 is 10.9 Å². The average molecular weight is 311 g/mol. The zero-order valence-corrected chi connectivity index (χ0v) is 14.0. The Morgan fingerprint density at radius 2 is 1.67 bits per heavy atom. The van der Waals surface area contributed by atoms with Crippen LogP contribution in [0.4, 0.5) is 0 Å². The van der Waals surface area contributed by atoms with Crippen LogP contribution in [0.1, 0.15) is 16.7 Å². The van der Waals surface area contributed by atoms with Gasteiger partial charge >= 0.3 is 0 Å². The molecule has 1 aromatic heterocycles. The molecule has 0 saturated heterocycles. The summed E-state index contributed by atoms with van der Waals surface area (Å²) in [7, 11) is 2.14. The molecule has 0 fully saturated rings. The van der Waals surface area contributed by atoms with E-state index in [1.54, 1.807) is 0 Å². The van der Waals surface area contributed by atoms with Gasteiger partial charge in [-0.2, -0.15) is 0 Å². The van der Waals surface area contributed by atoms with Gasteiger partial charge in [0.15, 0.2) is 7.05 Å². The zero-order chi connectivity index (χ0) is 16.3. The van der Waals surface area contributed by atoms with E-state index in [1.807, 2.05) is 0 Å². The maximum Gasteiger partial charge on any atom is 0.239 e. The third kappa shape index (κ3) is 1.74. The Morgan fingerprint density at radius 3 is 2.54 bits per heavy atom. The van der Waals surface area contributed by atoms with Crippen LogP contribution in [-0.4, -0.2) is 4.68 Å². The van der Waals surface area contributed by atoms with Crippen LogP contribution in [0.25, 0.3) is 27.7 Å². The first-order chi connectivity index (χ1) is 11.7. The van der Waals surface area contributed by atoms with Gasteiger partial charge < -0.3 is 0 Å². The maximum atomic E-state index is 2.29. The first-order valence-corrected chi connectivity index (χ1v) is 8.41. The van der Waals surface area contributed by atoms with Crippen LogP contribution in [-0.2, 0) is 13.5 Å². The number of aryl methyl sites for hydroxylation is 2. The summed E-state index contributed by atoms with van der Waals surface area (Å²) in [5.41, 5.74) is 9.47. The van der Waals surface area contributed by atoms with Crippen molar-refractivity contribution in [1.29, 1.82) is 0 Å². The number of hydrogen-bond acceptors (Lipinski definition) is 0. The predicted molar refractivity (Wildman–Crippen MR) is 97.4 cm³/mol. The molecular weight excluding hydrogens is 292 g/mol. The number of fused-ring (bicyclic) bond motifs is 5. The highest BCUT2D eigenvalue weighted by Crippen LogP contribution is 2.39. The fourth-order valence-electron chi connectivity index (χ4n) is 4.03. The van der Waals surface area contributed by atoms with Crippen LogP contribution >= 0.6 is 0 Å². The second-order valence-corrected chi connectivity index (χ2v) is 6.64. The molecule has 0 atom stereocenters. The van der Waals surface area contributed by atoms with Crippen LogP contribution in [0, 0.1) is 6.92 Å². The van der Waals surface area contributed by atoms with Gasteiger partial charge in [-0.1, -0.05) is 42.5 Å². The minimum atomic E-state index is 1.03. The van der Waals surface area contributed by atoms with E-state index in [0.29, 0.717) is 0 Å². The molecule has 0 N–H and O–H groups in total. The summed E-state index contributed by atoms with van der Waals surface area (Å²) >= 11 is 0. The minimum absolute atomic E-state index is 1.03. The summed E-state index contributed by atoms with van der Waals surface area (Å²) in [5, 5.41) is 1.36. The number of hydrogen-bond donors (Lipinski definition) is 0. The van der Waals surface area contributed by atoms with Crippen molar-refractivity contribution in [2.75, 3.05) is 0 Å². The first kappa shape index (κ1) is 13.6. The number of nitrogens with zero attached hydrogens (tertiary/aromatic N) is 2. The molecule has 116 valence electrons.